The van der Waals surface area contributed by atoms with Crippen molar-refractivity contribution in [2.24, 2.45) is 0 Å². The molecule has 0 amide bonds. The summed E-state index contributed by atoms with van der Waals surface area (Å²) in [5.74, 6) is -1.01. The normalized spacial score (nSPS) is 12.8. The van der Waals surface area contributed by atoms with Gasteiger partial charge in [-0.05, 0) is 103 Å². The molecule has 1 unspecified atom stereocenters. The Morgan fingerprint density at radius 2 is 0.636 bits per heavy atom. The number of carbonyl (C=O) groups is 3. The van der Waals surface area contributed by atoms with Crippen LogP contribution < -0.4 is 0 Å². The van der Waals surface area contributed by atoms with E-state index in [1.807, 2.05) is 6.08 Å². The van der Waals surface area contributed by atoms with Crippen LogP contribution in [0.2, 0.25) is 0 Å². The van der Waals surface area contributed by atoms with Gasteiger partial charge in [0.05, 0.1) is 0 Å². The van der Waals surface area contributed by atoms with Gasteiger partial charge in [-0.1, -0.05) is 221 Å². The van der Waals surface area contributed by atoms with E-state index >= 15 is 0 Å². The fraction of sp³-hybridized carbons (Fsp3) is 0.683. The molecule has 0 aromatic heterocycles. The van der Waals surface area contributed by atoms with Crippen LogP contribution in [-0.2, 0) is 28.6 Å². The summed E-state index contributed by atoms with van der Waals surface area (Å²) in [6, 6.07) is 0. The molecule has 6 heteroatoms. The first-order valence-electron chi connectivity index (χ1n) is 27.2. The first-order chi connectivity index (χ1) is 32.5. The average molecular weight is 917 g/mol. The number of ether oxygens (including phenoxy) is 3. The minimum absolute atomic E-state index is 0.107. The van der Waals surface area contributed by atoms with E-state index in [1.54, 1.807) is 0 Å². The number of esters is 3. The quantitative estimate of drug-likeness (QED) is 0.0262. The molecule has 0 heterocycles. The summed E-state index contributed by atoms with van der Waals surface area (Å²) >= 11 is 0. The van der Waals surface area contributed by atoms with Crippen molar-refractivity contribution >= 4 is 17.9 Å². The molecular formula is C60H100O6. The van der Waals surface area contributed by atoms with E-state index in [2.05, 4.69) is 112 Å². The maximum absolute atomic E-state index is 12.8. The van der Waals surface area contributed by atoms with Crippen LogP contribution in [0.1, 0.15) is 245 Å². The standard InChI is InChI=1S/C60H100O6/c1-4-7-10-13-16-19-22-24-26-28-30-32-33-35-38-41-44-47-50-53-59(62)65-56-57(55-64-58(61)52-49-46-43-40-37-21-18-15-12-9-6-3)66-60(63)54-51-48-45-42-39-36-34-31-29-27-25-23-20-17-14-11-8-5-2/h7,10,15-16,18-19,24,26-27,29-30,32,35,38,44,47,57H,4-6,8-9,11-14,17,20-23,25,28,31,33-34,36-37,39-43,45-46,48-56H2,1-3H3/b10-7-,18-15-,19-16-,26-24-,29-27-,32-30-,38-35-,47-44-. The number of hydrogen-bond donors (Lipinski definition) is 0. The van der Waals surface area contributed by atoms with Gasteiger partial charge in [0.15, 0.2) is 6.10 Å². The molecule has 0 saturated heterocycles. The van der Waals surface area contributed by atoms with Crippen molar-refractivity contribution in [1.82, 2.24) is 0 Å². The number of rotatable bonds is 48. The highest BCUT2D eigenvalue weighted by Gasteiger charge is 2.19. The summed E-state index contributed by atoms with van der Waals surface area (Å²) in [5, 5.41) is 0. The Morgan fingerprint density at radius 3 is 1.06 bits per heavy atom. The van der Waals surface area contributed by atoms with E-state index in [0.29, 0.717) is 19.3 Å². The summed E-state index contributed by atoms with van der Waals surface area (Å²) in [6.07, 6.45) is 71.2. The van der Waals surface area contributed by atoms with Crippen LogP contribution >= 0.6 is 0 Å². The SMILES string of the molecule is CC/C=C\C/C=C\C/C=C\C/C=C\C/C=C\C/C=C\CCC(=O)OCC(COC(=O)CCCCCCC/C=C\CCCC)OC(=O)CCCCCCCCC/C=C\CCCCCCCCC. The van der Waals surface area contributed by atoms with Crippen molar-refractivity contribution in [2.45, 2.75) is 252 Å². The van der Waals surface area contributed by atoms with Gasteiger partial charge < -0.3 is 14.2 Å². The lowest BCUT2D eigenvalue weighted by Gasteiger charge is -2.18. The molecule has 0 radical (unpaired) electrons. The van der Waals surface area contributed by atoms with Crippen LogP contribution in [0.15, 0.2) is 97.2 Å². The zero-order valence-electron chi connectivity index (χ0n) is 42.9. The average Bonchev–Trinajstić information content (AvgIpc) is 3.31. The van der Waals surface area contributed by atoms with E-state index in [1.165, 1.54) is 109 Å². The molecule has 0 saturated carbocycles. The third kappa shape index (κ3) is 51.3. The second-order valence-electron chi connectivity index (χ2n) is 17.7. The molecule has 376 valence electrons. The van der Waals surface area contributed by atoms with Gasteiger partial charge in [0.2, 0.25) is 0 Å². The summed E-state index contributed by atoms with van der Waals surface area (Å²) in [4.78, 5) is 38.0. The monoisotopic (exact) mass is 917 g/mol. The van der Waals surface area contributed by atoms with Gasteiger partial charge in [-0.2, -0.15) is 0 Å². The van der Waals surface area contributed by atoms with E-state index in [-0.39, 0.29) is 37.5 Å². The van der Waals surface area contributed by atoms with Crippen LogP contribution in [0.25, 0.3) is 0 Å². The predicted octanol–water partition coefficient (Wildman–Crippen LogP) is 18.1. The number of carbonyl (C=O) groups excluding carboxylic acids is 3. The number of unbranched alkanes of at least 4 members (excludes halogenated alkanes) is 21. The Labute approximate surface area is 407 Å². The fourth-order valence-electron chi connectivity index (χ4n) is 7.21. The van der Waals surface area contributed by atoms with Crippen molar-refractivity contribution in [1.29, 1.82) is 0 Å². The molecule has 0 spiro atoms. The highest BCUT2D eigenvalue weighted by atomic mass is 16.6. The number of allylic oxidation sites excluding steroid dienone is 16. The summed E-state index contributed by atoms with van der Waals surface area (Å²) in [6.45, 7) is 6.41. The summed E-state index contributed by atoms with van der Waals surface area (Å²) in [7, 11) is 0. The van der Waals surface area contributed by atoms with E-state index in [0.717, 1.165) is 89.9 Å². The minimum Gasteiger partial charge on any atom is -0.462 e. The summed E-state index contributed by atoms with van der Waals surface area (Å²) < 4.78 is 16.7. The molecule has 6 nitrogen and oxygen atoms in total. The molecule has 0 aromatic rings. The lowest BCUT2D eigenvalue weighted by Crippen LogP contribution is -2.30. The van der Waals surface area contributed by atoms with Crippen LogP contribution in [0.3, 0.4) is 0 Å². The molecule has 0 fully saturated rings. The van der Waals surface area contributed by atoms with Crippen LogP contribution in [0.5, 0.6) is 0 Å². The highest BCUT2D eigenvalue weighted by Crippen LogP contribution is 2.14. The van der Waals surface area contributed by atoms with Crippen molar-refractivity contribution in [3.63, 3.8) is 0 Å². The first-order valence-corrected chi connectivity index (χ1v) is 27.2. The van der Waals surface area contributed by atoms with Crippen LogP contribution in [0.4, 0.5) is 0 Å². The highest BCUT2D eigenvalue weighted by molar-refractivity contribution is 5.71. The van der Waals surface area contributed by atoms with E-state index in [9.17, 15) is 14.4 Å². The van der Waals surface area contributed by atoms with Crippen molar-refractivity contribution in [3.05, 3.63) is 97.2 Å². The van der Waals surface area contributed by atoms with Gasteiger partial charge in [0.1, 0.15) is 13.2 Å². The molecule has 0 aliphatic rings. The van der Waals surface area contributed by atoms with Crippen molar-refractivity contribution < 1.29 is 28.6 Å². The lowest BCUT2D eigenvalue weighted by molar-refractivity contribution is -0.166. The Bertz CT molecular complexity index is 1330. The predicted molar refractivity (Wildman–Crippen MR) is 284 cm³/mol. The van der Waals surface area contributed by atoms with Gasteiger partial charge in [-0.3, -0.25) is 14.4 Å². The molecule has 0 bridgehead atoms. The Hall–Kier alpha value is -3.67. The van der Waals surface area contributed by atoms with Gasteiger partial charge >= 0.3 is 17.9 Å². The molecule has 66 heavy (non-hydrogen) atoms. The Kier molecular flexibility index (Phi) is 50.9. The molecule has 0 aliphatic carbocycles. The Balaban J connectivity index is 4.48. The Morgan fingerprint density at radius 1 is 0.318 bits per heavy atom. The topological polar surface area (TPSA) is 78.9 Å². The van der Waals surface area contributed by atoms with Crippen molar-refractivity contribution in [3.8, 4) is 0 Å². The first kappa shape index (κ1) is 62.3. The third-order valence-electron chi connectivity index (χ3n) is 11.3. The molecular weight excluding hydrogens is 817 g/mol. The van der Waals surface area contributed by atoms with Crippen LogP contribution in [-0.4, -0.2) is 37.2 Å². The zero-order chi connectivity index (χ0) is 47.9. The second kappa shape index (κ2) is 53.9. The molecule has 0 aliphatic heterocycles. The number of hydrogen-bond acceptors (Lipinski definition) is 6. The maximum Gasteiger partial charge on any atom is 0.306 e. The smallest absolute Gasteiger partial charge is 0.306 e. The minimum atomic E-state index is -0.814. The van der Waals surface area contributed by atoms with E-state index in [4.69, 9.17) is 14.2 Å². The zero-order valence-corrected chi connectivity index (χ0v) is 42.9. The second-order valence-corrected chi connectivity index (χ2v) is 17.7. The lowest BCUT2D eigenvalue weighted by atomic mass is 10.1. The molecule has 0 rings (SSSR count). The van der Waals surface area contributed by atoms with Gasteiger partial charge in [0.25, 0.3) is 0 Å². The third-order valence-corrected chi connectivity index (χ3v) is 11.3. The molecule has 1 atom stereocenters. The fourth-order valence-corrected chi connectivity index (χ4v) is 7.21. The van der Waals surface area contributed by atoms with Crippen molar-refractivity contribution in [2.75, 3.05) is 13.2 Å². The summed E-state index contributed by atoms with van der Waals surface area (Å²) in [5.41, 5.74) is 0. The maximum atomic E-state index is 12.8. The van der Waals surface area contributed by atoms with E-state index < -0.39 is 6.10 Å². The van der Waals surface area contributed by atoms with Gasteiger partial charge in [-0.25, -0.2) is 0 Å². The largest absolute Gasteiger partial charge is 0.462 e. The van der Waals surface area contributed by atoms with Gasteiger partial charge in [-0.15, -0.1) is 0 Å². The molecule has 0 aromatic carbocycles. The van der Waals surface area contributed by atoms with Crippen LogP contribution in [0, 0.1) is 0 Å². The van der Waals surface area contributed by atoms with Gasteiger partial charge in [0, 0.05) is 19.3 Å². The molecule has 0 N–H and O–H groups in total.